The highest BCUT2D eigenvalue weighted by Crippen LogP contribution is 2.27. The van der Waals surface area contributed by atoms with E-state index in [-0.39, 0.29) is 5.91 Å². The molecule has 4 heteroatoms. The molecule has 3 nitrogen and oxygen atoms in total. The molecule has 1 aliphatic carbocycles. The van der Waals surface area contributed by atoms with Gasteiger partial charge in [0, 0.05) is 18.1 Å². The highest BCUT2D eigenvalue weighted by molar-refractivity contribution is 6.30. The molecule has 0 bridgehead atoms. The molecule has 0 radical (unpaired) electrons. The van der Waals surface area contributed by atoms with Gasteiger partial charge in [-0.05, 0) is 36.5 Å². The number of halogens is 1. The van der Waals surface area contributed by atoms with Gasteiger partial charge in [-0.3, -0.25) is 4.79 Å². The van der Waals surface area contributed by atoms with E-state index in [0.717, 1.165) is 23.0 Å². The predicted octanol–water partition coefficient (Wildman–Crippen LogP) is 1.96. The Balaban J connectivity index is 1.61. The SMILES string of the molecule is O=C(CNCc1ccc(Cl)cc1)NCC1CC1. The van der Waals surface area contributed by atoms with Crippen LogP contribution in [0.2, 0.25) is 5.02 Å². The number of benzene rings is 1. The van der Waals surface area contributed by atoms with Crippen molar-refractivity contribution in [3.05, 3.63) is 34.9 Å². The summed E-state index contributed by atoms with van der Waals surface area (Å²) in [6, 6.07) is 7.62. The second-order valence-corrected chi connectivity index (χ2v) is 4.91. The van der Waals surface area contributed by atoms with Crippen molar-refractivity contribution in [2.24, 2.45) is 5.92 Å². The molecule has 1 saturated carbocycles. The number of carbonyl (C=O) groups excluding carboxylic acids is 1. The van der Waals surface area contributed by atoms with E-state index in [9.17, 15) is 4.79 Å². The minimum absolute atomic E-state index is 0.0749. The Labute approximate surface area is 107 Å². The van der Waals surface area contributed by atoms with E-state index < -0.39 is 0 Å². The van der Waals surface area contributed by atoms with Gasteiger partial charge in [-0.15, -0.1) is 0 Å². The molecule has 0 unspecified atom stereocenters. The van der Waals surface area contributed by atoms with Gasteiger partial charge in [-0.1, -0.05) is 23.7 Å². The van der Waals surface area contributed by atoms with Gasteiger partial charge in [0.05, 0.1) is 6.54 Å². The molecule has 0 spiro atoms. The zero-order valence-electron chi connectivity index (χ0n) is 9.71. The fourth-order valence-corrected chi connectivity index (χ4v) is 1.69. The summed E-state index contributed by atoms with van der Waals surface area (Å²) in [6.45, 7) is 1.89. The fourth-order valence-electron chi connectivity index (χ4n) is 1.57. The number of hydrogen-bond acceptors (Lipinski definition) is 2. The van der Waals surface area contributed by atoms with Gasteiger partial charge in [0.15, 0.2) is 0 Å². The molecule has 2 N–H and O–H groups in total. The standard InChI is InChI=1S/C13H17ClN2O/c14-12-5-3-10(4-6-12)7-15-9-13(17)16-8-11-1-2-11/h3-6,11,15H,1-2,7-9H2,(H,16,17). The lowest BCUT2D eigenvalue weighted by atomic mass is 10.2. The third-order valence-electron chi connectivity index (χ3n) is 2.81. The summed E-state index contributed by atoms with van der Waals surface area (Å²) in [7, 11) is 0. The molecule has 1 aliphatic rings. The van der Waals surface area contributed by atoms with Gasteiger partial charge >= 0.3 is 0 Å². The topological polar surface area (TPSA) is 41.1 Å². The lowest BCUT2D eigenvalue weighted by Gasteiger charge is -2.06. The monoisotopic (exact) mass is 252 g/mol. The first-order valence-corrected chi connectivity index (χ1v) is 6.33. The Morgan fingerprint density at radius 1 is 1.29 bits per heavy atom. The Hall–Kier alpha value is -1.06. The van der Waals surface area contributed by atoms with Crippen molar-refractivity contribution in [1.82, 2.24) is 10.6 Å². The average molecular weight is 253 g/mol. The molecule has 0 aromatic heterocycles. The number of amides is 1. The fraction of sp³-hybridized carbons (Fsp3) is 0.462. The number of rotatable bonds is 6. The van der Waals surface area contributed by atoms with Crippen LogP contribution >= 0.6 is 11.6 Å². The van der Waals surface area contributed by atoms with Crippen molar-refractivity contribution in [3.8, 4) is 0 Å². The number of carbonyl (C=O) groups is 1. The van der Waals surface area contributed by atoms with Crippen LogP contribution < -0.4 is 10.6 Å². The number of hydrogen-bond donors (Lipinski definition) is 2. The largest absolute Gasteiger partial charge is 0.355 e. The van der Waals surface area contributed by atoms with E-state index in [0.29, 0.717) is 13.1 Å². The first kappa shape index (κ1) is 12.4. The molecule has 0 saturated heterocycles. The summed E-state index contributed by atoms with van der Waals surface area (Å²) in [5.41, 5.74) is 1.13. The molecular weight excluding hydrogens is 236 g/mol. The van der Waals surface area contributed by atoms with E-state index in [1.807, 2.05) is 24.3 Å². The second kappa shape index (κ2) is 6.03. The Morgan fingerprint density at radius 3 is 2.65 bits per heavy atom. The van der Waals surface area contributed by atoms with Crippen molar-refractivity contribution >= 4 is 17.5 Å². The molecule has 1 amide bonds. The zero-order chi connectivity index (χ0) is 12.1. The predicted molar refractivity (Wildman–Crippen MR) is 68.9 cm³/mol. The molecular formula is C13H17ClN2O. The van der Waals surface area contributed by atoms with E-state index in [2.05, 4.69) is 10.6 Å². The van der Waals surface area contributed by atoms with Crippen LogP contribution in [0.25, 0.3) is 0 Å². The maximum atomic E-state index is 11.4. The van der Waals surface area contributed by atoms with Crippen LogP contribution in [0.15, 0.2) is 24.3 Å². The molecule has 0 heterocycles. The summed E-state index contributed by atoms with van der Waals surface area (Å²) in [4.78, 5) is 11.4. The van der Waals surface area contributed by atoms with Gasteiger partial charge in [0.25, 0.3) is 0 Å². The van der Waals surface area contributed by atoms with Crippen LogP contribution in [0.4, 0.5) is 0 Å². The van der Waals surface area contributed by atoms with Crippen LogP contribution in [-0.2, 0) is 11.3 Å². The van der Waals surface area contributed by atoms with Crippen LogP contribution in [-0.4, -0.2) is 19.0 Å². The minimum atomic E-state index is 0.0749. The maximum Gasteiger partial charge on any atom is 0.233 e. The zero-order valence-corrected chi connectivity index (χ0v) is 10.5. The highest BCUT2D eigenvalue weighted by atomic mass is 35.5. The third kappa shape index (κ3) is 4.75. The quantitative estimate of drug-likeness (QED) is 0.813. The van der Waals surface area contributed by atoms with E-state index in [4.69, 9.17) is 11.6 Å². The third-order valence-corrected chi connectivity index (χ3v) is 3.06. The van der Waals surface area contributed by atoms with Gasteiger partial charge in [-0.2, -0.15) is 0 Å². The smallest absolute Gasteiger partial charge is 0.233 e. The van der Waals surface area contributed by atoms with Crippen LogP contribution in [0.5, 0.6) is 0 Å². The van der Waals surface area contributed by atoms with Crippen LogP contribution in [0.3, 0.4) is 0 Å². The summed E-state index contributed by atoms with van der Waals surface area (Å²) in [6.07, 6.45) is 2.52. The summed E-state index contributed by atoms with van der Waals surface area (Å²) < 4.78 is 0. The molecule has 92 valence electrons. The first-order valence-electron chi connectivity index (χ1n) is 5.96. The maximum absolute atomic E-state index is 11.4. The van der Waals surface area contributed by atoms with Crippen molar-refractivity contribution in [2.75, 3.05) is 13.1 Å². The van der Waals surface area contributed by atoms with E-state index >= 15 is 0 Å². The van der Waals surface area contributed by atoms with Gasteiger partial charge in [-0.25, -0.2) is 0 Å². The number of nitrogens with one attached hydrogen (secondary N) is 2. The minimum Gasteiger partial charge on any atom is -0.355 e. The molecule has 1 aromatic carbocycles. The Bertz CT molecular complexity index is 374. The lowest BCUT2D eigenvalue weighted by Crippen LogP contribution is -2.34. The van der Waals surface area contributed by atoms with Crippen LogP contribution in [0, 0.1) is 5.92 Å². The molecule has 1 fully saturated rings. The molecule has 2 rings (SSSR count). The lowest BCUT2D eigenvalue weighted by molar-refractivity contribution is -0.120. The average Bonchev–Trinajstić information content (AvgIpc) is 3.13. The van der Waals surface area contributed by atoms with Gasteiger partial charge in [0.1, 0.15) is 0 Å². The van der Waals surface area contributed by atoms with E-state index in [1.165, 1.54) is 12.8 Å². The summed E-state index contributed by atoms with van der Waals surface area (Å²) in [5, 5.41) is 6.76. The summed E-state index contributed by atoms with van der Waals surface area (Å²) >= 11 is 5.79. The van der Waals surface area contributed by atoms with Crippen LogP contribution in [0.1, 0.15) is 18.4 Å². The van der Waals surface area contributed by atoms with E-state index in [1.54, 1.807) is 0 Å². The normalized spacial score (nSPS) is 14.6. The van der Waals surface area contributed by atoms with Gasteiger partial charge < -0.3 is 10.6 Å². The Kier molecular flexibility index (Phi) is 4.40. The highest BCUT2D eigenvalue weighted by Gasteiger charge is 2.21. The van der Waals surface area contributed by atoms with Crippen molar-refractivity contribution < 1.29 is 4.79 Å². The second-order valence-electron chi connectivity index (χ2n) is 4.48. The van der Waals surface area contributed by atoms with Crippen molar-refractivity contribution in [1.29, 1.82) is 0 Å². The first-order chi connectivity index (χ1) is 8.24. The summed E-state index contributed by atoms with van der Waals surface area (Å²) in [5.74, 6) is 0.807. The van der Waals surface area contributed by atoms with Gasteiger partial charge in [0.2, 0.25) is 5.91 Å². The van der Waals surface area contributed by atoms with Crippen molar-refractivity contribution in [2.45, 2.75) is 19.4 Å². The van der Waals surface area contributed by atoms with Crippen molar-refractivity contribution in [3.63, 3.8) is 0 Å². The Morgan fingerprint density at radius 2 is 2.00 bits per heavy atom. The molecule has 0 aliphatic heterocycles. The molecule has 0 atom stereocenters. The molecule has 17 heavy (non-hydrogen) atoms. The molecule has 1 aromatic rings.